The summed E-state index contributed by atoms with van der Waals surface area (Å²) in [5, 5.41) is 6.38. The lowest BCUT2D eigenvalue weighted by molar-refractivity contribution is 0.420. The highest BCUT2D eigenvalue weighted by atomic mass is 19.2. The third kappa shape index (κ3) is 5.24. The van der Waals surface area contributed by atoms with Gasteiger partial charge in [-0.2, -0.15) is 0 Å². The van der Waals surface area contributed by atoms with Crippen molar-refractivity contribution < 1.29 is 8.78 Å². The molecule has 0 saturated carbocycles. The van der Waals surface area contributed by atoms with Crippen LogP contribution in [0.5, 0.6) is 0 Å². The number of halogens is 2. The van der Waals surface area contributed by atoms with Crippen molar-refractivity contribution in [3.05, 3.63) is 35.4 Å². The van der Waals surface area contributed by atoms with Crippen LogP contribution in [0.15, 0.2) is 18.2 Å². The average molecular weight is 242 g/mol. The van der Waals surface area contributed by atoms with Gasteiger partial charge in [0.15, 0.2) is 11.6 Å². The van der Waals surface area contributed by atoms with Crippen molar-refractivity contribution in [2.24, 2.45) is 0 Å². The lowest BCUT2D eigenvalue weighted by Crippen LogP contribution is -2.40. The van der Waals surface area contributed by atoms with Gasteiger partial charge in [0.2, 0.25) is 0 Å². The second kappa shape index (κ2) is 6.07. The topological polar surface area (TPSA) is 24.1 Å². The van der Waals surface area contributed by atoms with E-state index in [9.17, 15) is 8.78 Å². The molecule has 0 atom stereocenters. The van der Waals surface area contributed by atoms with Crippen molar-refractivity contribution in [2.45, 2.75) is 32.9 Å². The molecule has 1 aromatic carbocycles. The molecule has 0 aliphatic heterocycles. The first-order valence-electron chi connectivity index (χ1n) is 5.79. The highest BCUT2D eigenvalue weighted by molar-refractivity contribution is 5.18. The van der Waals surface area contributed by atoms with E-state index in [1.54, 1.807) is 6.07 Å². The fourth-order valence-corrected chi connectivity index (χ4v) is 1.43. The lowest BCUT2D eigenvalue weighted by Gasteiger charge is -2.20. The van der Waals surface area contributed by atoms with Gasteiger partial charge in [0, 0.05) is 30.7 Å². The Labute approximate surface area is 101 Å². The SMILES string of the molecule is CC(C)(C)NCCNCc1cccc(F)c1F. The van der Waals surface area contributed by atoms with Crippen LogP contribution in [-0.4, -0.2) is 18.6 Å². The maximum absolute atomic E-state index is 13.3. The van der Waals surface area contributed by atoms with Crippen LogP contribution in [0.4, 0.5) is 8.78 Å². The smallest absolute Gasteiger partial charge is 0.163 e. The molecule has 0 unspecified atom stereocenters. The number of hydrogen-bond acceptors (Lipinski definition) is 2. The second-order valence-electron chi connectivity index (χ2n) is 5.07. The summed E-state index contributed by atoms with van der Waals surface area (Å²) in [6, 6.07) is 4.23. The van der Waals surface area contributed by atoms with E-state index < -0.39 is 11.6 Å². The number of benzene rings is 1. The molecule has 0 aliphatic carbocycles. The van der Waals surface area contributed by atoms with Crippen molar-refractivity contribution in [3.63, 3.8) is 0 Å². The average Bonchev–Trinajstić information content (AvgIpc) is 2.22. The van der Waals surface area contributed by atoms with Gasteiger partial charge in [-0.25, -0.2) is 8.78 Å². The van der Waals surface area contributed by atoms with Gasteiger partial charge in [-0.3, -0.25) is 0 Å². The maximum atomic E-state index is 13.3. The molecule has 0 bridgehead atoms. The van der Waals surface area contributed by atoms with E-state index in [2.05, 4.69) is 31.4 Å². The molecular weight excluding hydrogens is 222 g/mol. The summed E-state index contributed by atoms with van der Waals surface area (Å²) < 4.78 is 26.2. The fourth-order valence-electron chi connectivity index (χ4n) is 1.43. The van der Waals surface area contributed by atoms with Gasteiger partial charge in [0.05, 0.1) is 0 Å². The molecule has 4 heteroatoms. The Balaban J connectivity index is 2.29. The van der Waals surface area contributed by atoms with Gasteiger partial charge in [-0.1, -0.05) is 12.1 Å². The first-order valence-corrected chi connectivity index (χ1v) is 5.79. The van der Waals surface area contributed by atoms with E-state index in [4.69, 9.17) is 0 Å². The standard InChI is InChI=1S/C13H20F2N2/c1-13(2,3)17-8-7-16-9-10-5-4-6-11(14)12(10)15/h4-6,16-17H,7-9H2,1-3H3. The Morgan fingerprint density at radius 2 is 1.82 bits per heavy atom. The molecule has 0 aliphatic rings. The minimum absolute atomic E-state index is 0.0752. The normalized spacial score (nSPS) is 11.8. The minimum atomic E-state index is -0.794. The van der Waals surface area contributed by atoms with Crippen molar-refractivity contribution in [1.82, 2.24) is 10.6 Å². The summed E-state index contributed by atoms with van der Waals surface area (Å²) >= 11 is 0. The van der Waals surface area contributed by atoms with E-state index in [1.165, 1.54) is 6.07 Å². The van der Waals surface area contributed by atoms with Crippen molar-refractivity contribution in [3.8, 4) is 0 Å². The van der Waals surface area contributed by atoms with E-state index in [1.807, 2.05) is 0 Å². The Hall–Kier alpha value is -1.00. The van der Waals surface area contributed by atoms with Crippen molar-refractivity contribution in [1.29, 1.82) is 0 Å². The summed E-state index contributed by atoms with van der Waals surface area (Å²) in [7, 11) is 0. The summed E-state index contributed by atoms with van der Waals surface area (Å²) in [6.07, 6.45) is 0. The first-order chi connectivity index (χ1) is 7.90. The van der Waals surface area contributed by atoms with Crippen molar-refractivity contribution >= 4 is 0 Å². The third-order valence-corrected chi connectivity index (χ3v) is 2.30. The molecule has 0 amide bonds. The van der Waals surface area contributed by atoms with Crippen LogP contribution in [0.1, 0.15) is 26.3 Å². The summed E-state index contributed by atoms with van der Waals surface area (Å²) in [6.45, 7) is 8.10. The number of hydrogen-bond donors (Lipinski definition) is 2. The fraction of sp³-hybridized carbons (Fsp3) is 0.538. The molecule has 96 valence electrons. The van der Waals surface area contributed by atoms with Gasteiger partial charge in [0.1, 0.15) is 0 Å². The summed E-state index contributed by atoms with van der Waals surface area (Å²) in [4.78, 5) is 0. The lowest BCUT2D eigenvalue weighted by atomic mass is 10.1. The summed E-state index contributed by atoms with van der Waals surface area (Å²) in [5.41, 5.74) is 0.437. The Morgan fingerprint density at radius 3 is 2.47 bits per heavy atom. The number of nitrogens with one attached hydrogen (secondary N) is 2. The minimum Gasteiger partial charge on any atom is -0.311 e. The maximum Gasteiger partial charge on any atom is 0.163 e. The second-order valence-corrected chi connectivity index (χ2v) is 5.07. The zero-order valence-electron chi connectivity index (χ0n) is 10.6. The van der Waals surface area contributed by atoms with Gasteiger partial charge < -0.3 is 10.6 Å². The highest BCUT2D eigenvalue weighted by Crippen LogP contribution is 2.10. The molecule has 0 fully saturated rings. The molecule has 0 saturated heterocycles. The predicted molar refractivity (Wildman–Crippen MR) is 65.8 cm³/mol. The highest BCUT2D eigenvalue weighted by Gasteiger charge is 2.08. The molecule has 1 rings (SSSR count). The molecular formula is C13H20F2N2. The molecule has 2 N–H and O–H groups in total. The molecule has 17 heavy (non-hydrogen) atoms. The van der Waals surface area contributed by atoms with Gasteiger partial charge >= 0.3 is 0 Å². The van der Waals surface area contributed by atoms with Gasteiger partial charge in [-0.05, 0) is 26.8 Å². The number of rotatable bonds is 5. The monoisotopic (exact) mass is 242 g/mol. The zero-order valence-corrected chi connectivity index (χ0v) is 10.6. The van der Waals surface area contributed by atoms with Crippen LogP contribution in [0.25, 0.3) is 0 Å². The Kier molecular flexibility index (Phi) is 5.02. The molecule has 1 aromatic rings. The predicted octanol–water partition coefficient (Wildman–Crippen LogP) is 2.44. The van der Waals surface area contributed by atoms with E-state index >= 15 is 0 Å². The van der Waals surface area contributed by atoms with E-state index in [0.29, 0.717) is 18.7 Å². The van der Waals surface area contributed by atoms with Crippen LogP contribution in [0.2, 0.25) is 0 Å². The van der Waals surface area contributed by atoms with Gasteiger partial charge in [-0.15, -0.1) is 0 Å². The Bertz CT molecular complexity index is 359. The van der Waals surface area contributed by atoms with Crippen LogP contribution in [0.3, 0.4) is 0 Å². The molecule has 0 radical (unpaired) electrons. The molecule has 0 aromatic heterocycles. The largest absolute Gasteiger partial charge is 0.311 e. The third-order valence-electron chi connectivity index (χ3n) is 2.30. The molecule has 2 nitrogen and oxygen atoms in total. The van der Waals surface area contributed by atoms with Crippen LogP contribution in [0, 0.1) is 11.6 Å². The zero-order chi connectivity index (χ0) is 12.9. The molecule has 0 spiro atoms. The quantitative estimate of drug-likeness (QED) is 0.775. The Morgan fingerprint density at radius 1 is 1.12 bits per heavy atom. The van der Waals surface area contributed by atoms with Crippen molar-refractivity contribution in [2.75, 3.05) is 13.1 Å². The summed E-state index contributed by atoms with van der Waals surface area (Å²) in [5.74, 6) is -1.55. The first kappa shape index (κ1) is 14.1. The van der Waals surface area contributed by atoms with Crippen LogP contribution < -0.4 is 10.6 Å². The van der Waals surface area contributed by atoms with Crippen LogP contribution in [-0.2, 0) is 6.54 Å². The van der Waals surface area contributed by atoms with Crippen LogP contribution >= 0.6 is 0 Å². The van der Waals surface area contributed by atoms with Gasteiger partial charge in [0.25, 0.3) is 0 Å². The molecule has 0 heterocycles. The van der Waals surface area contributed by atoms with E-state index in [-0.39, 0.29) is 5.54 Å². The van der Waals surface area contributed by atoms with E-state index in [0.717, 1.165) is 12.6 Å².